The van der Waals surface area contributed by atoms with Gasteiger partial charge in [-0.05, 0) is 13.8 Å². The van der Waals surface area contributed by atoms with Gasteiger partial charge in [0.2, 0.25) is 0 Å². The smallest absolute Gasteiger partial charge is 0.320 e. The summed E-state index contributed by atoms with van der Waals surface area (Å²) in [5, 5.41) is 15.7. The number of carboxylic acids is 2. The van der Waals surface area contributed by atoms with Crippen LogP contribution < -0.4 is 11.5 Å². The summed E-state index contributed by atoms with van der Waals surface area (Å²) >= 11 is 0. The molecule has 0 spiro atoms. The second-order valence-electron chi connectivity index (χ2n) is 2.25. The Morgan fingerprint density at radius 3 is 1.08 bits per heavy atom. The third-order valence-electron chi connectivity index (χ3n) is 0.779. The van der Waals surface area contributed by atoms with Crippen molar-refractivity contribution in [1.82, 2.24) is 0 Å². The number of aliphatic carboxylic acids is 2. The van der Waals surface area contributed by atoms with Crippen molar-refractivity contribution in [1.29, 1.82) is 0 Å². The number of hydrogen-bond donors (Lipinski definition) is 4. The molecule has 0 aromatic heterocycles. The first-order chi connectivity index (χ1) is 5.29. The first kappa shape index (κ1) is 18.4. The van der Waals surface area contributed by atoms with Gasteiger partial charge in [-0.3, -0.25) is 9.59 Å². The summed E-state index contributed by atoms with van der Waals surface area (Å²) in [4.78, 5) is 19.1. The molecule has 0 rings (SSSR count). The Hall–Kier alpha value is -0.452. The SMILES string of the molecule is CC(N)C(=O)O.CC(N)C(=O)O.[Pt]. The molecular formula is C6H14N2O4Pt. The summed E-state index contributed by atoms with van der Waals surface area (Å²) in [7, 11) is 0. The molecule has 0 aromatic rings. The molecule has 0 amide bonds. The minimum Gasteiger partial charge on any atom is -0.480 e. The van der Waals surface area contributed by atoms with E-state index in [0.717, 1.165) is 0 Å². The van der Waals surface area contributed by atoms with Crippen LogP contribution in [0.5, 0.6) is 0 Å². The molecule has 2 atom stereocenters. The van der Waals surface area contributed by atoms with Crippen LogP contribution >= 0.6 is 0 Å². The predicted octanol–water partition coefficient (Wildman–Crippen LogP) is -1.17. The van der Waals surface area contributed by atoms with E-state index in [4.69, 9.17) is 21.7 Å². The zero-order valence-corrected chi connectivity index (χ0v) is 9.61. The molecule has 6 nitrogen and oxygen atoms in total. The minimum atomic E-state index is -0.963. The fourth-order valence-corrected chi connectivity index (χ4v) is 0. The zero-order valence-electron chi connectivity index (χ0n) is 7.34. The second kappa shape index (κ2) is 9.63. The standard InChI is InChI=1S/2C3H7NO2.Pt/c2*1-2(4)3(5)6;/h2*2H,4H2,1H3,(H,5,6);. The van der Waals surface area contributed by atoms with Gasteiger partial charge in [0.05, 0.1) is 0 Å². The molecule has 0 radical (unpaired) electrons. The van der Waals surface area contributed by atoms with E-state index in [1.165, 1.54) is 13.8 Å². The fraction of sp³-hybridized carbons (Fsp3) is 0.667. The normalized spacial score (nSPS) is 12.6. The van der Waals surface area contributed by atoms with Crippen LogP contribution in [-0.4, -0.2) is 34.2 Å². The topological polar surface area (TPSA) is 127 Å². The summed E-state index contributed by atoms with van der Waals surface area (Å²) in [6, 6.07) is -1.46. The van der Waals surface area contributed by atoms with Gasteiger partial charge in [0, 0.05) is 21.1 Å². The van der Waals surface area contributed by atoms with Gasteiger partial charge in [0.25, 0.3) is 0 Å². The van der Waals surface area contributed by atoms with E-state index in [-0.39, 0.29) is 21.1 Å². The Bertz CT molecular complexity index is 143. The number of carbonyl (C=O) groups is 2. The molecule has 82 valence electrons. The van der Waals surface area contributed by atoms with Crippen molar-refractivity contribution in [2.75, 3.05) is 0 Å². The van der Waals surface area contributed by atoms with E-state index < -0.39 is 24.0 Å². The van der Waals surface area contributed by atoms with Crippen LogP contribution in [0.2, 0.25) is 0 Å². The molecular weight excluding hydrogens is 359 g/mol. The van der Waals surface area contributed by atoms with Crippen molar-refractivity contribution in [2.24, 2.45) is 11.5 Å². The van der Waals surface area contributed by atoms with Crippen LogP contribution in [0.15, 0.2) is 0 Å². The quantitative estimate of drug-likeness (QED) is 0.483. The summed E-state index contributed by atoms with van der Waals surface area (Å²) in [6.45, 7) is 2.84. The van der Waals surface area contributed by atoms with E-state index in [0.29, 0.717) is 0 Å². The molecule has 0 aliphatic rings. The molecule has 0 aliphatic heterocycles. The molecule has 0 saturated heterocycles. The number of carboxylic acid groups (broad SMARTS) is 2. The third-order valence-corrected chi connectivity index (χ3v) is 0.779. The summed E-state index contributed by atoms with van der Waals surface area (Å²) < 4.78 is 0. The average Bonchev–Trinajstić information content (AvgIpc) is 1.88. The molecule has 0 aliphatic carbocycles. The van der Waals surface area contributed by atoms with Gasteiger partial charge in [-0.2, -0.15) is 0 Å². The zero-order chi connectivity index (χ0) is 10.3. The van der Waals surface area contributed by atoms with Crippen LogP contribution in [0.1, 0.15) is 13.8 Å². The van der Waals surface area contributed by atoms with Crippen molar-refractivity contribution in [2.45, 2.75) is 25.9 Å². The first-order valence-electron chi connectivity index (χ1n) is 3.25. The Labute approximate surface area is 90.5 Å². The molecule has 0 saturated carbocycles. The first-order valence-corrected chi connectivity index (χ1v) is 3.25. The van der Waals surface area contributed by atoms with Crippen LogP contribution in [0.4, 0.5) is 0 Å². The third kappa shape index (κ3) is 18.5. The van der Waals surface area contributed by atoms with Gasteiger partial charge in [-0.1, -0.05) is 0 Å². The van der Waals surface area contributed by atoms with Gasteiger partial charge in [0.1, 0.15) is 12.1 Å². The Balaban J connectivity index is -0.000000143. The van der Waals surface area contributed by atoms with Crippen molar-refractivity contribution < 1.29 is 40.9 Å². The number of hydrogen-bond acceptors (Lipinski definition) is 4. The average molecular weight is 373 g/mol. The molecule has 0 bridgehead atoms. The van der Waals surface area contributed by atoms with E-state index in [1.54, 1.807) is 0 Å². The number of nitrogens with two attached hydrogens (primary N) is 2. The van der Waals surface area contributed by atoms with E-state index in [1.807, 2.05) is 0 Å². The van der Waals surface area contributed by atoms with Crippen molar-refractivity contribution in [3.05, 3.63) is 0 Å². The maximum absolute atomic E-state index is 9.57. The summed E-state index contributed by atoms with van der Waals surface area (Å²) in [6.07, 6.45) is 0. The number of rotatable bonds is 2. The van der Waals surface area contributed by atoms with Crippen LogP contribution in [0.25, 0.3) is 0 Å². The predicted molar refractivity (Wildman–Crippen MR) is 42.6 cm³/mol. The molecule has 13 heavy (non-hydrogen) atoms. The second-order valence-corrected chi connectivity index (χ2v) is 2.25. The van der Waals surface area contributed by atoms with Crippen molar-refractivity contribution in [3.63, 3.8) is 0 Å². The van der Waals surface area contributed by atoms with Gasteiger partial charge in [-0.25, -0.2) is 0 Å². The Kier molecular flexibility index (Phi) is 13.6. The largest absolute Gasteiger partial charge is 0.480 e. The molecule has 7 heteroatoms. The monoisotopic (exact) mass is 373 g/mol. The summed E-state index contributed by atoms with van der Waals surface area (Å²) in [5.74, 6) is -1.93. The molecule has 2 unspecified atom stereocenters. The van der Waals surface area contributed by atoms with Crippen LogP contribution in [-0.2, 0) is 30.7 Å². The molecule has 6 N–H and O–H groups in total. The summed E-state index contributed by atoms with van der Waals surface area (Å²) in [5.41, 5.74) is 9.67. The van der Waals surface area contributed by atoms with E-state index in [2.05, 4.69) is 0 Å². The minimum absolute atomic E-state index is 0. The molecule has 0 heterocycles. The Morgan fingerprint density at radius 1 is 1.00 bits per heavy atom. The molecule has 0 aromatic carbocycles. The van der Waals surface area contributed by atoms with E-state index >= 15 is 0 Å². The maximum Gasteiger partial charge on any atom is 0.320 e. The fourth-order valence-electron chi connectivity index (χ4n) is 0. The van der Waals surface area contributed by atoms with Crippen molar-refractivity contribution in [3.8, 4) is 0 Å². The maximum atomic E-state index is 9.57. The molecule has 0 fully saturated rings. The van der Waals surface area contributed by atoms with Gasteiger partial charge in [-0.15, -0.1) is 0 Å². The van der Waals surface area contributed by atoms with E-state index in [9.17, 15) is 9.59 Å². The Morgan fingerprint density at radius 2 is 1.08 bits per heavy atom. The van der Waals surface area contributed by atoms with Crippen LogP contribution in [0.3, 0.4) is 0 Å². The van der Waals surface area contributed by atoms with Gasteiger partial charge < -0.3 is 21.7 Å². The van der Waals surface area contributed by atoms with Gasteiger partial charge >= 0.3 is 11.9 Å². The van der Waals surface area contributed by atoms with Crippen LogP contribution in [0, 0.1) is 0 Å². The van der Waals surface area contributed by atoms with Crippen molar-refractivity contribution >= 4 is 11.9 Å². The van der Waals surface area contributed by atoms with Gasteiger partial charge in [0.15, 0.2) is 0 Å².